The van der Waals surface area contributed by atoms with Crippen LogP contribution < -0.4 is 0 Å². The van der Waals surface area contributed by atoms with Crippen molar-refractivity contribution in [1.29, 1.82) is 0 Å². The first-order valence-corrected chi connectivity index (χ1v) is 6.82. The number of fused-ring (bicyclic) bond motifs is 1. The third-order valence-corrected chi connectivity index (χ3v) is 3.39. The summed E-state index contributed by atoms with van der Waals surface area (Å²) in [4.78, 5) is 11.9. The number of para-hydroxylation sites is 1. The van der Waals surface area contributed by atoms with Crippen LogP contribution in [-0.2, 0) is 12.8 Å². The number of hydrogen-bond donors (Lipinski definition) is 0. The number of rotatable bonds is 4. The van der Waals surface area contributed by atoms with Crippen LogP contribution in [0.4, 0.5) is 0 Å². The lowest BCUT2D eigenvalue weighted by atomic mass is 10.0. The molecule has 96 valence electrons. The zero-order valence-corrected chi connectivity index (χ0v) is 11.5. The van der Waals surface area contributed by atoms with Crippen LogP contribution in [0.5, 0.6) is 0 Å². The van der Waals surface area contributed by atoms with E-state index < -0.39 is 0 Å². The fraction of sp³-hybridized carbons (Fsp3) is 0.438. The van der Waals surface area contributed by atoms with E-state index in [4.69, 9.17) is 0 Å². The molecule has 0 radical (unpaired) electrons. The summed E-state index contributed by atoms with van der Waals surface area (Å²) in [5.41, 5.74) is 3.65. The van der Waals surface area contributed by atoms with Crippen LogP contribution in [0.25, 0.3) is 10.9 Å². The number of aromatic nitrogens is 1. The van der Waals surface area contributed by atoms with Crippen molar-refractivity contribution < 1.29 is 4.79 Å². The van der Waals surface area contributed by atoms with Gasteiger partial charge in [-0.2, -0.15) is 0 Å². The molecule has 2 aromatic rings. The molecule has 0 spiro atoms. The molecular formula is C16H21NO. The van der Waals surface area contributed by atoms with E-state index in [2.05, 4.69) is 32.0 Å². The van der Waals surface area contributed by atoms with E-state index in [-0.39, 0.29) is 5.91 Å². The summed E-state index contributed by atoms with van der Waals surface area (Å²) in [7, 11) is 0. The maximum absolute atomic E-state index is 11.9. The molecule has 2 nitrogen and oxygen atoms in total. The van der Waals surface area contributed by atoms with E-state index in [0.29, 0.717) is 0 Å². The smallest absolute Gasteiger partial charge is 0.228 e. The summed E-state index contributed by atoms with van der Waals surface area (Å²) < 4.78 is 1.91. The summed E-state index contributed by atoms with van der Waals surface area (Å²) in [6.07, 6.45) is 4.21. The maximum atomic E-state index is 11.9. The molecule has 0 amide bonds. The van der Waals surface area contributed by atoms with Gasteiger partial charge in [0.05, 0.1) is 5.52 Å². The minimum absolute atomic E-state index is 0.122. The lowest BCUT2D eigenvalue weighted by Crippen LogP contribution is -2.10. The monoisotopic (exact) mass is 243 g/mol. The minimum atomic E-state index is 0.122. The summed E-state index contributed by atoms with van der Waals surface area (Å²) in [5.74, 6) is 0.122. The predicted molar refractivity (Wildman–Crippen MR) is 76.2 cm³/mol. The van der Waals surface area contributed by atoms with Gasteiger partial charge in [0.1, 0.15) is 0 Å². The standard InChI is InChI=1S/C16H21NO/c1-4-8-13-14-10-6-7-11-16(14)17(12(3)18)15(13)9-5-2/h6-7,10-11H,4-5,8-9H2,1-3H3. The van der Waals surface area contributed by atoms with E-state index in [1.54, 1.807) is 6.92 Å². The Morgan fingerprint density at radius 1 is 1.11 bits per heavy atom. The number of hydrogen-bond acceptors (Lipinski definition) is 1. The molecule has 1 aromatic carbocycles. The van der Waals surface area contributed by atoms with Gasteiger partial charge >= 0.3 is 0 Å². The molecule has 1 aromatic heterocycles. The van der Waals surface area contributed by atoms with Crippen molar-refractivity contribution in [1.82, 2.24) is 4.57 Å². The van der Waals surface area contributed by atoms with Gasteiger partial charge in [-0.05, 0) is 24.5 Å². The van der Waals surface area contributed by atoms with Gasteiger partial charge in [-0.25, -0.2) is 0 Å². The first-order valence-electron chi connectivity index (χ1n) is 6.82. The van der Waals surface area contributed by atoms with Gasteiger partial charge < -0.3 is 0 Å². The summed E-state index contributed by atoms with van der Waals surface area (Å²) >= 11 is 0. The van der Waals surface area contributed by atoms with E-state index in [1.165, 1.54) is 16.6 Å². The Balaban J connectivity index is 2.76. The molecule has 0 aliphatic carbocycles. The highest BCUT2D eigenvalue weighted by atomic mass is 16.1. The number of carbonyl (C=O) groups is 1. The molecule has 0 fully saturated rings. The second-order valence-electron chi connectivity index (χ2n) is 4.80. The SMILES string of the molecule is CCCc1c(CCC)n(C(C)=O)c2ccccc12. The molecule has 18 heavy (non-hydrogen) atoms. The van der Waals surface area contributed by atoms with Crippen LogP contribution >= 0.6 is 0 Å². The van der Waals surface area contributed by atoms with Gasteiger partial charge in [0.25, 0.3) is 0 Å². The molecular weight excluding hydrogens is 222 g/mol. The number of benzene rings is 1. The van der Waals surface area contributed by atoms with Gasteiger partial charge in [0, 0.05) is 18.0 Å². The Kier molecular flexibility index (Phi) is 3.85. The molecule has 2 rings (SSSR count). The van der Waals surface area contributed by atoms with Crippen molar-refractivity contribution in [3.63, 3.8) is 0 Å². The van der Waals surface area contributed by atoms with Crippen molar-refractivity contribution >= 4 is 16.8 Å². The predicted octanol–water partition coefficient (Wildman–Crippen LogP) is 4.21. The largest absolute Gasteiger partial charge is 0.284 e. The fourth-order valence-electron chi connectivity index (χ4n) is 2.75. The highest BCUT2D eigenvalue weighted by molar-refractivity contribution is 5.95. The highest BCUT2D eigenvalue weighted by Gasteiger charge is 2.17. The molecule has 2 heteroatoms. The topological polar surface area (TPSA) is 22.0 Å². The quantitative estimate of drug-likeness (QED) is 0.788. The molecule has 0 atom stereocenters. The second-order valence-corrected chi connectivity index (χ2v) is 4.80. The van der Waals surface area contributed by atoms with Crippen LogP contribution in [0, 0.1) is 0 Å². The molecule has 0 N–H and O–H groups in total. The lowest BCUT2D eigenvalue weighted by Gasteiger charge is -2.07. The summed E-state index contributed by atoms with van der Waals surface area (Å²) in [6, 6.07) is 8.25. The van der Waals surface area contributed by atoms with E-state index in [1.807, 2.05) is 10.6 Å². The van der Waals surface area contributed by atoms with E-state index in [9.17, 15) is 4.79 Å². The third-order valence-electron chi connectivity index (χ3n) is 3.39. The van der Waals surface area contributed by atoms with Crippen molar-refractivity contribution in [3.05, 3.63) is 35.5 Å². The zero-order chi connectivity index (χ0) is 13.1. The van der Waals surface area contributed by atoms with E-state index >= 15 is 0 Å². The maximum Gasteiger partial charge on any atom is 0.228 e. The number of carbonyl (C=O) groups excluding carboxylic acids is 1. The first-order chi connectivity index (χ1) is 8.70. The third kappa shape index (κ3) is 2.07. The van der Waals surface area contributed by atoms with Crippen LogP contribution in [0.3, 0.4) is 0 Å². The van der Waals surface area contributed by atoms with Crippen LogP contribution in [0.2, 0.25) is 0 Å². The minimum Gasteiger partial charge on any atom is -0.284 e. The second kappa shape index (κ2) is 5.38. The van der Waals surface area contributed by atoms with Gasteiger partial charge in [-0.1, -0.05) is 44.9 Å². The lowest BCUT2D eigenvalue weighted by molar-refractivity contribution is 0.0938. The average Bonchev–Trinajstić information content (AvgIpc) is 2.65. The first kappa shape index (κ1) is 12.9. The number of aryl methyl sites for hydroxylation is 1. The molecule has 0 unspecified atom stereocenters. The van der Waals surface area contributed by atoms with Crippen molar-refractivity contribution in [3.8, 4) is 0 Å². The average molecular weight is 243 g/mol. The summed E-state index contributed by atoms with van der Waals surface area (Å²) in [5, 5.41) is 1.25. The van der Waals surface area contributed by atoms with Crippen molar-refractivity contribution in [2.75, 3.05) is 0 Å². The highest BCUT2D eigenvalue weighted by Crippen LogP contribution is 2.28. The Bertz CT molecular complexity index is 566. The Labute approximate surface area is 109 Å². The van der Waals surface area contributed by atoms with Gasteiger partial charge in [-0.3, -0.25) is 9.36 Å². The summed E-state index contributed by atoms with van der Waals surface area (Å²) in [6.45, 7) is 6.01. The molecule has 0 saturated carbocycles. The Morgan fingerprint density at radius 2 is 1.78 bits per heavy atom. The molecule has 0 saturated heterocycles. The van der Waals surface area contributed by atoms with Crippen molar-refractivity contribution in [2.45, 2.75) is 46.5 Å². The van der Waals surface area contributed by atoms with Gasteiger partial charge in [0.15, 0.2) is 0 Å². The normalized spacial score (nSPS) is 11.1. The van der Waals surface area contributed by atoms with Crippen LogP contribution in [-0.4, -0.2) is 10.5 Å². The van der Waals surface area contributed by atoms with Gasteiger partial charge in [0.2, 0.25) is 5.91 Å². The number of nitrogens with zero attached hydrogens (tertiary/aromatic N) is 1. The van der Waals surface area contributed by atoms with Crippen LogP contribution in [0.1, 0.15) is 49.7 Å². The Morgan fingerprint density at radius 3 is 2.39 bits per heavy atom. The van der Waals surface area contributed by atoms with Crippen molar-refractivity contribution in [2.24, 2.45) is 0 Å². The van der Waals surface area contributed by atoms with Crippen LogP contribution in [0.15, 0.2) is 24.3 Å². The molecule has 1 heterocycles. The zero-order valence-electron chi connectivity index (χ0n) is 11.5. The Hall–Kier alpha value is -1.57. The fourth-order valence-corrected chi connectivity index (χ4v) is 2.75. The molecule has 0 aliphatic heterocycles. The molecule has 0 bridgehead atoms. The van der Waals surface area contributed by atoms with E-state index in [0.717, 1.165) is 31.2 Å². The van der Waals surface area contributed by atoms with Gasteiger partial charge in [-0.15, -0.1) is 0 Å². The molecule has 0 aliphatic rings.